The Morgan fingerprint density at radius 1 is 1.17 bits per heavy atom. The van der Waals surface area contributed by atoms with Crippen molar-refractivity contribution in [2.24, 2.45) is 0 Å². The van der Waals surface area contributed by atoms with Crippen molar-refractivity contribution in [1.82, 2.24) is 9.97 Å². The number of hydrogen-bond acceptors (Lipinski definition) is 4. The molecule has 4 nitrogen and oxygen atoms in total. The maximum atomic E-state index is 4.21. The molecule has 94 valence electrons. The van der Waals surface area contributed by atoms with Gasteiger partial charge in [-0.3, -0.25) is 0 Å². The van der Waals surface area contributed by atoms with Crippen molar-refractivity contribution < 1.29 is 0 Å². The largest absolute Gasteiger partial charge is 0.370 e. The second kappa shape index (κ2) is 5.82. The van der Waals surface area contributed by atoms with E-state index in [9.17, 15) is 0 Å². The Labute approximate surface area is 115 Å². The topological polar surface area (TPSA) is 49.8 Å². The molecule has 0 aliphatic carbocycles. The maximum absolute atomic E-state index is 4.21. The van der Waals surface area contributed by atoms with Crippen molar-refractivity contribution in [3.8, 4) is 0 Å². The molecule has 0 bridgehead atoms. The van der Waals surface area contributed by atoms with Crippen LogP contribution in [0.4, 0.5) is 17.3 Å². The van der Waals surface area contributed by atoms with Crippen molar-refractivity contribution in [3.63, 3.8) is 0 Å². The Morgan fingerprint density at radius 2 is 1.94 bits per heavy atom. The lowest BCUT2D eigenvalue weighted by Crippen LogP contribution is -2.02. The molecule has 0 aliphatic rings. The fraction of sp³-hybridized carbons (Fsp3) is 0.231. The van der Waals surface area contributed by atoms with Crippen molar-refractivity contribution >= 4 is 33.3 Å². The van der Waals surface area contributed by atoms with Gasteiger partial charge in [0.05, 0.1) is 0 Å². The number of benzene rings is 1. The third-order valence-corrected chi connectivity index (χ3v) is 2.98. The van der Waals surface area contributed by atoms with E-state index in [0.717, 1.165) is 28.3 Å². The Kier molecular flexibility index (Phi) is 4.15. The Bertz CT molecular complexity index is 542. The summed E-state index contributed by atoms with van der Waals surface area (Å²) < 4.78 is 1.04. The zero-order valence-corrected chi connectivity index (χ0v) is 12.0. The van der Waals surface area contributed by atoms with E-state index in [-0.39, 0.29) is 0 Å². The zero-order valence-electron chi connectivity index (χ0n) is 10.4. The van der Waals surface area contributed by atoms with Crippen LogP contribution in [0.15, 0.2) is 35.1 Å². The first-order chi connectivity index (χ1) is 8.69. The quantitative estimate of drug-likeness (QED) is 0.904. The summed E-state index contributed by atoms with van der Waals surface area (Å²) in [5, 5.41) is 6.45. The molecule has 1 heterocycles. The van der Waals surface area contributed by atoms with Crippen LogP contribution in [-0.4, -0.2) is 16.5 Å². The maximum Gasteiger partial charge on any atom is 0.135 e. The van der Waals surface area contributed by atoms with Crippen molar-refractivity contribution in [2.75, 3.05) is 17.2 Å². The summed E-state index contributed by atoms with van der Waals surface area (Å²) in [6.45, 7) is 4.93. The number of hydrogen-bond donors (Lipinski definition) is 2. The second-order valence-electron chi connectivity index (χ2n) is 3.90. The van der Waals surface area contributed by atoms with Gasteiger partial charge in [-0.25, -0.2) is 9.97 Å². The molecule has 1 aromatic carbocycles. The highest BCUT2D eigenvalue weighted by atomic mass is 79.9. The van der Waals surface area contributed by atoms with Gasteiger partial charge in [-0.15, -0.1) is 0 Å². The fourth-order valence-electron chi connectivity index (χ4n) is 1.57. The summed E-state index contributed by atoms with van der Waals surface area (Å²) in [7, 11) is 0. The predicted octanol–water partition coefficient (Wildman–Crippen LogP) is 3.72. The standard InChI is InChI=1S/C13H15BrN4/c1-3-15-12-7-13(17-8-16-12)18-11-6-10(14)5-4-9(11)2/h4-8H,3H2,1-2H3,(H2,15,16,17,18). The lowest BCUT2D eigenvalue weighted by atomic mass is 10.2. The van der Waals surface area contributed by atoms with Crippen LogP contribution in [-0.2, 0) is 0 Å². The SMILES string of the molecule is CCNc1cc(Nc2cc(Br)ccc2C)ncn1. The highest BCUT2D eigenvalue weighted by molar-refractivity contribution is 9.10. The molecule has 5 heteroatoms. The number of nitrogens with zero attached hydrogens (tertiary/aromatic N) is 2. The molecule has 0 amide bonds. The average Bonchev–Trinajstić information content (AvgIpc) is 2.35. The van der Waals surface area contributed by atoms with Gasteiger partial charge in [0.1, 0.15) is 18.0 Å². The van der Waals surface area contributed by atoms with Crippen LogP contribution < -0.4 is 10.6 Å². The summed E-state index contributed by atoms with van der Waals surface area (Å²) in [4.78, 5) is 8.35. The fourth-order valence-corrected chi connectivity index (χ4v) is 1.93. The molecular weight excluding hydrogens is 292 g/mol. The van der Waals surface area contributed by atoms with Crippen LogP contribution in [0, 0.1) is 6.92 Å². The number of nitrogens with one attached hydrogen (secondary N) is 2. The van der Waals surface area contributed by atoms with E-state index in [4.69, 9.17) is 0 Å². The van der Waals surface area contributed by atoms with Gasteiger partial charge in [0.2, 0.25) is 0 Å². The minimum Gasteiger partial charge on any atom is -0.370 e. The van der Waals surface area contributed by atoms with Gasteiger partial charge in [0.25, 0.3) is 0 Å². The first kappa shape index (κ1) is 12.8. The third kappa shape index (κ3) is 3.20. The highest BCUT2D eigenvalue weighted by Crippen LogP contribution is 2.24. The van der Waals surface area contributed by atoms with Crippen LogP contribution in [0.1, 0.15) is 12.5 Å². The number of halogens is 1. The van der Waals surface area contributed by atoms with Crippen LogP contribution >= 0.6 is 15.9 Å². The van der Waals surface area contributed by atoms with E-state index < -0.39 is 0 Å². The normalized spacial score (nSPS) is 10.2. The van der Waals surface area contributed by atoms with Gasteiger partial charge in [-0.05, 0) is 31.5 Å². The predicted molar refractivity (Wildman–Crippen MR) is 78.4 cm³/mol. The van der Waals surface area contributed by atoms with Gasteiger partial charge < -0.3 is 10.6 Å². The van der Waals surface area contributed by atoms with Crippen LogP contribution in [0.5, 0.6) is 0 Å². The van der Waals surface area contributed by atoms with Gasteiger partial charge in [-0.2, -0.15) is 0 Å². The zero-order chi connectivity index (χ0) is 13.0. The molecule has 18 heavy (non-hydrogen) atoms. The lowest BCUT2D eigenvalue weighted by Gasteiger charge is -2.10. The van der Waals surface area contributed by atoms with Crippen LogP contribution in [0.25, 0.3) is 0 Å². The van der Waals surface area contributed by atoms with E-state index in [1.807, 2.05) is 25.1 Å². The number of aromatic nitrogens is 2. The van der Waals surface area contributed by atoms with Crippen molar-refractivity contribution in [2.45, 2.75) is 13.8 Å². The smallest absolute Gasteiger partial charge is 0.135 e. The summed E-state index contributed by atoms with van der Waals surface area (Å²) in [6.07, 6.45) is 1.55. The Morgan fingerprint density at radius 3 is 2.72 bits per heavy atom. The minimum absolute atomic E-state index is 0.780. The van der Waals surface area contributed by atoms with Gasteiger partial charge in [-0.1, -0.05) is 22.0 Å². The lowest BCUT2D eigenvalue weighted by molar-refractivity contribution is 1.11. The van der Waals surface area contributed by atoms with E-state index in [0.29, 0.717) is 0 Å². The molecule has 0 aliphatic heterocycles. The summed E-state index contributed by atoms with van der Waals surface area (Å²) >= 11 is 3.46. The molecule has 0 saturated carbocycles. The third-order valence-electron chi connectivity index (χ3n) is 2.49. The molecule has 1 aromatic heterocycles. The summed E-state index contributed by atoms with van der Waals surface area (Å²) in [5.74, 6) is 1.60. The summed E-state index contributed by atoms with van der Waals surface area (Å²) in [5.41, 5.74) is 2.20. The highest BCUT2D eigenvalue weighted by Gasteiger charge is 2.02. The first-order valence-corrected chi connectivity index (χ1v) is 6.57. The molecule has 0 spiro atoms. The number of aryl methyl sites for hydroxylation is 1. The summed E-state index contributed by atoms with van der Waals surface area (Å²) in [6, 6.07) is 8.00. The molecule has 0 radical (unpaired) electrons. The molecular formula is C13H15BrN4. The van der Waals surface area contributed by atoms with E-state index in [1.54, 1.807) is 6.33 Å². The molecule has 2 rings (SSSR count). The van der Waals surface area contributed by atoms with Gasteiger partial charge in [0.15, 0.2) is 0 Å². The molecule has 0 unspecified atom stereocenters. The molecule has 0 fully saturated rings. The average molecular weight is 307 g/mol. The number of rotatable bonds is 4. The van der Waals surface area contributed by atoms with Crippen LogP contribution in [0.3, 0.4) is 0 Å². The molecule has 2 aromatic rings. The van der Waals surface area contributed by atoms with Crippen molar-refractivity contribution in [1.29, 1.82) is 0 Å². The van der Waals surface area contributed by atoms with Crippen LogP contribution in [0.2, 0.25) is 0 Å². The Hall–Kier alpha value is -1.62. The Balaban J connectivity index is 2.22. The monoisotopic (exact) mass is 306 g/mol. The van der Waals surface area contributed by atoms with E-state index in [1.165, 1.54) is 5.56 Å². The van der Waals surface area contributed by atoms with Gasteiger partial charge in [0, 0.05) is 22.8 Å². The molecule has 0 saturated heterocycles. The molecule has 2 N–H and O–H groups in total. The van der Waals surface area contributed by atoms with Gasteiger partial charge >= 0.3 is 0 Å². The number of anilines is 3. The minimum atomic E-state index is 0.780. The van der Waals surface area contributed by atoms with E-state index >= 15 is 0 Å². The molecule has 0 atom stereocenters. The first-order valence-electron chi connectivity index (χ1n) is 5.78. The van der Waals surface area contributed by atoms with E-state index in [2.05, 4.69) is 49.5 Å². The van der Waals surface area contributed by atoms with Crippen molar-refractivity contribution in [3.05, 3.63) is 40.6 Å². The second-order valence-corrected chi connectivity index (χ2v) is 4.82.